The summed E-state index contributed by atoms with van der Waals surface area (Å²) >= 11 is 0. The Hall–Kier alpha value is -0.120. The van der Waals surface area contributed by atoms with Crippen molar-refractivity contribution in [3.05, 3.63) is 0 Å². The summed E-state index contributed by atoms with van der Waals surface area (Å²) in [6, 6.07) is 0. The number of likely N-dealkylation sites (N-methyl/N-ethyl adjacent to an activating group) is 1. The predicted molar refractivity (Wildman–Crippen MR) is 91.7 cm³/mol. The number of hydrogen-bond donors (Lipinski definition) is 2. The Morgan fingerprint density at radius 2 is 1.71 bits per heavy atom. The number of nitrogens with zero attached hydrogens (tertiary/aromatic N) is 1. The second-order valence-corrected chi connectivity index (χ2v) is 6.97. The van der Waals surface area contributed by atoms with E-state index in [1.807, 2.05) is 0 Å². The SMILES string of the molecule is CCNC(CC)(CO)CCCN1CCC(CC)(CC)CC1. The molecule has 1 rings (SSSR count). The van der Waals surface area contributed by atoms with Crippen molar-refractivity contribution in [2.45, 2.75) is 78.2 Å². The normalized spacial score (nSPS) is 22.1. The van der Waals surface area contributed by atoms with Crippen LogP contribution in [0.5, 0.6) is 0 Å². The van der Waals surface area contributed by atoms with Gasteiger partial charge in [0.15, 0.2) is 0 Å². The molecule has 1 heterocycles. The largest absolute Gasteiger partial charge is 0.394 e. The van der Waals surface area contributed by atoms with Crippen molar-refractivity contribution in [3.63, 3.8) is 0 Å². The lowest BCUT2D eigenvalue weighted by atomic mass is 9.74. The molecular weight excluding hydrogens is 260 g/mol. The summed E-state index contributed by atoms with van der Waals surface area (Å²) in [6.45, 7) is 13.9. The molecule has 126 valence electrons. The van der Waals surface area contributed by atoms with Gasteiger partial charge in [-0.3, -0.25) is 0 Å². The predicted octanol–water partition coefficient (Wildman–Crippen LogP) is 3.42. The maximum absolute atomic E-state index is 9.70. The van der Waals surface area contributed by atoms with Gasteiger partial charge < -0.3 is 15.3 Å². The minimum Gasteiger partial charge on any atom is -0.394 e. The lowest BCUT2D eigenvalue weighted by Crippen LogP contribution is -2.48. The van der Waals surface area contributed by atoms with Gasteiger partial charge >= 0.3 is 0 Å². The smallest absolute Gasteiger partial charge is 0.0613 e. The third-order valence-electron chi connectivity index (χ3n) is 6.08. The summed E-state index contributed by atoms with van der Waals surface area (Å²) in [5, 5.41) is 13.2. The molecule has 1 unspecified atom stereocenters. The minimum atomic E-state index is -0.0544. The first-order chi connectivity index (χ1) is 10.1. The van der Waals surface area contributed by atoms with Crippen LogP contribution in [0.4, 0.5) is 0 Å². The standard InChI is InChI=1S/C18H38N2O/c1-5-17(6-2)11-14-20(15-12-17)13-9-10-18(7-3,16-21)19-8-4/h19,21H,5-16H2,1-4H3. The van der Waals surface area contributed by atoms with Gasteiger partial charge in [0.25, 0.3) is 0 Å². The number of piperidine rings is 1. The molecule has 3 heteroatoms. The molecule has 1 atom stereocenters. The highest BCUT2D eigenvalue weighted by Crippen LogP contribution is 2.37. The Bertz CT molecular complexity index is 262. The number of hydrogen-bond acceptors (Lipinski definition) is 3. The van der Waals surface area contributed by atoms with Crippen molar-refractivity contribution in [3.8, 4) is 0 Å². The molecule has 0 aromatic heterocycles. The van der Waals surface area contributed by atoms with E-state index in [0.717, 1.165) is 19.4 Å². The van der Waals surface area contributed by atoms with Crippen LogP contribution in [0.3, 0.4) is 0 Å². The van der Waals surface area contributed by atoms with E-state index < -0.39 is 0 Å². The molecule has 1 aliphatic rings. The Morgan fingerprint density at radius 1 is 1.10 bits per heavy atom. The number of likely N-dealkylation sites (tertiary alicyclic amines) is 1. The first-order valence-electron chi connectivity index (χ1n) is 9.17. The number of aliphatic hydroxyl groups is 1. The van der Waals surface area contributed by atoms with Crippen LogP contribution >= 0.6 is 0 Å². The highest BCUT2D eigenvalue weighted by molar-refractivity contribution is 4.87. The molecule has 0 radical (unpaired) electrons. The van der Waals surface area contributed by atoms with E-state index in [1.165, 1.54) is 51.7 Å². The number of aliphatic hydroxyl groups excluding tert-OH is 1. The van der Waals surface area contributed by atoms with Crippen LogP contribution < -0.4 is 5.32 Å². The zero-order chi connectivity index (χ0) is 15.8. The van der Waals surface area contributed by atoms with Crippen LogP contribution in [0.1, 0.15) is 72.6 Å². The average molecular weight is 299 g/mol. The van der Waals surface area contributed by atoms with E-state index in [-0.39, 0.29) is 12.1 Å². The van der Waals surface area contributed by atoms with Gasteiger partial charge in [-0.1, -0.05) is 40.5 Å². The first kappa shape index (κ1) is 18.9. The first-order valence-corrected chi connectivity index (χ1v) is 9.17. The molecule has 21 heavy (non-hydrogen) atoms. The summed E-state index contributed by atoms with van der Waals surface area (Å²) in [5.74, 6) is 0. The molecule has 0 saturated carbocycles. The molecule has 0 aliphatic carbocycles. The van der Waals surface area contributed by atoms with Crippen molar-refractivity contribution >= 4 is 0 Å². The van der Waals surface area contributed by atoms with Crippen LogP contribution in [0.2, 0.25) is 0 Å². The molecule has 0 aromatic rings. The third kappa shape index (κ3) is 5.22. The van der Waals surface area contributed by atoms with Gasteiger partial charge in [0, 0.05) is 5.54 Å². The number of nitrogens with one attached hydrogen (secondary N) is 1. The van der Waals surface area contributed by atoms with Crippen LogP contribution in [0, 0.1) is 5.41 Å². The van der Waals surface area contributed by atoms with Gasteiger partial charge in [-0.05, 0) is 63.7 Å². The molecule has 1 fully saturated rings. The van der Waals surface area contributed by atoms with Gasteiger partial charge in [-0.2, -0.15) is 0 Å². The monoisotopic (exact) mass is 298 g/mol. The quantitative estimate of drug-likeness (QED) is 0.649. The molecular formula is C18H38N2O. The molecule has 2 N–H and O–H groups in total. The van der Waals surface area contributed by atoms with Crippen LogP contribution in [-0.2, 0) is 0 Å². The van der Waals surface area contributed by atoms with Crippen molar-refractivity contribution in [1.82, 2.24) is 10.2 Å². The Balaban J connectivity index is 2.34. The minimum absolute atomic E-state index is 0.0544. The maximum Gasteiger partial charge on any atom is 0.0613 e. The molecule has 0 aromatic carbocycles. The highest BCUT2D eigenvalue weighted by Gasteiger charge is 2.31. The Labute approximate surface area is 132 Å². The van der Waals surface area contributed by atoms with Crippen LogP contribution in [0.15, 0.2) is 0 Å². The van der Waals surface area contributed by atoms with E-state index in [1.54, 1.807) is 0 Å². The second kappa shape index (κ2) is 9.12. The summed E-state index contributed by atoms with van der Waals surface area (Å²) < 4.78 is 0. The summed E-state index contributed by atoms with van der Waals surface area (Å²) in [6.07, 6.45) is 8.68. The molecule has 0 amide bonds. The fraction of sp³-hybridized carbons (Fsp3) is 1.00. The van der Waals surface area contributed by atoms with Crippen molar-refractivity contribution in [1.29, 1.82) is 0 Å². The molecule has 0 spiro atoms. The second-order valence-electron chi connectivity index (χ2n) is 6.97. The fourth-order valence-electron chi connectivity index (χ4n) is 3.86. The van der Waals surface area contributed by atoms with Gasteiger partial charge in [0.1, 0.15) is 0 Å². The summed E-state index contributed by atoms with van der Waals surface area (Å²) in [5.41, 5.74) is 0.569. The van der Waals surface area contributed by atoms with E-state index in [2.05, 4.69) is 37.9 Å². The lowest BCUT2D eigenvalue weighted by Gasteiger charge is -2.41. The van der Waals surface area contributed by atoms with Crippen LogP contribution in [-0.4, -0.2) is 48.3 Å². The molecule has 3 nitrogen and oxygen atoms in total. The van der Waals surface area contributed by atoms with E-state index in [0.29, 0.717) is 5.41 Å². The van der Waals surface area contributed by atoms with Gasteiger partial charge in [-0.15, -0.1) is 0 Å². The zero-order valence-corrected chi connectivity index (χ0v) is 14.9. The highest BCUT2D eigenvalue weighted by atomic mass is 16.3. The van der Waals surface area contributed by atoms with Crippen LogP contribution in [0.25, 0.3) is 0 Å². The van der Waals surface area contributed by atoms with Crippen molar-refractivity contribution in [2.75, 3.05) is 32.8 Å². The van der Waals surface area contributed by atoms with E-state index in [9.17, 15) is 5.11 Å². The lowest BCUT2D eigenvalue weighted by molar-refractivity contribution is 0.0880. The van der Waals surface area contributed by atoms with Crippen molar-refractivity contribution < 1.29 is 5.11 Å². The Morgan fingerprint density at radius 3 is 2.14 bits per heavy atom. The van der Waals surface area contributed by atoms with Gasteiger partial charge in [0.05, 0.1) is 6.61 Å². The Kier molecular flexibility index (Phi) is 8.22. The zero-order valence-electron chi connectivity index (χ0n) is 14.9. The van der Waals surface area contributed by atoms with Gasteiger partial charge in [0.2, 0.25) is 0 Å². The average Bonchev–Trinajstić information content (AvgIpc) is 2.55. The van der Waals surface area contributed by atoms with Gasteiger partial charge in [-0.25, -0.2) is 0 Å². The van der Waals surface area contributed by atoms with Crippen molar-refractivity contribution in [2.24, 2.45) is 5.41 Å². The maximum atomic E-state index is 9.70. The topological polar surface area (TPSA) is 35.5 Å². The fourth-order valence-corrected chi connectivity index (χ4v) is 3.86. The number of rotatable bonds is 10. The molecule has 1 saturated heterocycles. The van der Waals surface area contributed by atoms with E-state index >= 15 is 0 Å². The third-order valence-corrected chi connectivity index (χ3v) is 6.08. The van der Waals surface area contributed by atoms with E-state index in [4.69, 9.17) is 0 Å². The summed E-state index contributed by atoms with van der Waals surface area (Å²) in [4.78, 5) is 2.63. The summed E-state index contributed by atoms with van der Waals surface area (Å²) in [7, 11) is 0. The molecule has 0 bridgehead atoms. The molecule has 1 aliphatic heterocycles.